The molecule has 3 aromatic carbocycles. The van der Waals surface area contributed by atoms with Gasteiger partial charge in [-0.1, -0.05) is 70.7 Å². The van der Waals surface area contributed by atoms with Gasteiger partial charge in [-0.25, -0.2) is 0 Å². The molecule has 0 spiro atoms. The minimum atomic E-state index is 0.207. The van der Waals surface area contributed by atoms with Crippen LogP contribution in [0.3, 0.4) is 0 Å². The summed E-state index contributed by atoms with van der Waals surface area (Å²) < 4.78 is 4.77. The second kappa shape index (κ2) is 6.60. The van der Waals surface area contributed by atoms with Gasteiger partial charge in [0.05, 0.1) is 22.1 Å². The predicted octanol–water partition coefficient (Wildman–Crippen LogP) is 7.37. The number of fused-ring (bicyclic) bond motifs is 9. The molecule has 30 heavy (non-hydrogen) atoms. The van der Waals surface area contributed by atoms with Crippen LogP contribution in [-0.4, -0.2) is 14.9 Å². The molecule has 0 saturated heterocycles. The van der Waals surface area contributed by atoms with Crippen LogP contribution in [0.5, 0.6) is 0 Å². The van der Waals surface area contributed by atoms with E-state index in [0.717, 1.165) is 28.8 Å². The Hall–Kier alpha value is -3.33. The lowest BCUT2D eigenvalue weighted by Crippen LogP contribution is -2.00. The van der Waals surface area contributed by atoms with Crippen LogP contribution >= 0.6 is 0 Å². The molecule has 7 rings (SSSR count). The molecule has 0 radical (unpaired) electrons. The van der Waals surface area contributed by atoms with Crippen molar-refractivity contribution in [3.8, 4) is 0 Å². The summed E-state index contributed by atoms with van der Waals surface area (Å²) in [6, 6.07) is 17.0. The molecule has 150 valence electrons. The number of rotatable bonds is 0. The van der Waals surface area contributed by atoms with E-state index in [1.165, 1.54) is 38.2 Å². The third kappa shape index (κ3) is 2.02. The number of aromatic nitrogens is 2. The van der Waals surface area contributed by atoms with Crippen LogP contribution in [0, 0.1) is 0 Å². The summed E-state index contributed by atoms with van der Waals surface area (Å²) >= 11 is 0. The summed E-state index contributed by atoms with van der Waals surface area (Å²) in [4.78, 5) is 13.0. The number of para-hydroxylation sites is 2. The Kier molecular flexibility index (Phi) is 4.11. The van der Waals surface area contributed by atoms with Gasteiger partial charge in [-0.3, -0.25) is 4.79 Å². The molecule has 3 heterocycles. The van der Waals surface area contributed by atoms with Gasteiger partial charge in [-0.2, -0.15) is 0 Å². The van der Waals surface area contributed by atoms with Crippen molar-refractivity contribution in [3.63, 3.8) is 0 Å². The van der Waals surface area contributed by atoms with Gasteiger partial charge >= 0.3 is 0 Å². The average molecular weight is 395 g/mol. The highest BCUT2D eigenvalue weighted by Crippen LogP contribution is 2.50. The normalized spacial score (nSPS) is 13.9. The number of carbonyl (C=O) groups excluding carboxylic acids is 1. The SMILES string of the molecule is C=C1CC(=O)c2c1c1c3ccccc3n3c1c1c2c2ccccc2n1C3.CC.CC. The van der Waals surface area contributed by atoms with Crippen LogP contribution in [0.4, 0.5) is 0 Å². The fourth-order valence-corrected chi connectivity index (χ4v) is 5.29. The van der Waals surface area contributed by atoms with Crippen molar-refractivity contribution >= 4 is 55.0 Å². The lowest BCUT2D eigenvalue weighted by molar-refractivity contribution is 0.101. The molecule has 1 aliphatic heterocycles. The Morgan fingerprint density at radius 2 is 1.20 bits per heavy atom. The zero-order chi connectivity index (χ0) is 21.2. The van der Waals surface area contributed by atoms with E-state index >= 15 is 0 Å². The maximum absolute atomic E-state index is 13.0. The van der Waals surface area contributed by atoms with E-state index in [-0.39, 0.29) is 5.78 Å². The van der Waals surface area contributed by atoms with E-state index < -0.39 is 0 Å². The lowest BCUT2D eigenvalue weighted by atomic mass is 9.96. The van der Waals surface area contributed by atoms with Crippen LogP contribution in [0.15, 0.2) is 55.1 Å². The van der Waals surface area contributed by atoms with Gasteiger partial charge in [0.1, 0.15) is 6.67 Å². The first kappa shape index (κ1) is 18.7. The molecule has 2 aromatic heterocycles. The molecule has 0 bridgehead atoms. The monoisotopic (exact) mass is 394 g/mol. The molecule has 2 aliphatic rings. The average Bonchev–Trinajstić information content (AvgIpc) is 3.50. The van der Waals surface area contributed by atoms with Gasteiger partial charge in [0.25, 0.3) is 0 Å². The third-order valence-electron chi connectivity index (χ3n) is 6.21. The van der Waals surface area contributed by atoms with Gasteiger partial charge in [0.2, 0.25) is 0 Å². The second-order valence-electron chi connectivity index (χ2n) is 7.43. The van der Waals surface area contributed by atoms with Crippen LogP contribution in [0.2, 0.25) is 0 Å². The van der Waals surface area contributed by atoms with Gasteiger partial charge in [0, 0.05) is 33.5 Å². The highest BCUT2D eigenvalue weighted by atomic mass is 16.1. The fourth-order valence-electron chi connectivity index (χ4n) is 5.29. The van der Waals surface area contributed by atoms with Crippen molar-refractivity contribution < 1.29 is 4.79 Å². The van der Waals surface area contributed by atoms with Crippen molar-refractivity contribution in [2.45, 2.75) is 40.8 Å². The van der Waals surface area contributed by atoms with Crippen LogP contribution in [0.1, 0.15) is 50.0 Å². The minimum Gasteiger partial charge on any atom is -0.320 e. The quantitative estimate of drug-likeness (QED) is 0.264. The highest BCUT2D eigenvalue weighted by Gasteiger charge is 2.35. The Balaban J connectivity index is 0.000000457. The Labute approximate surface area is 176 Å². The van der Waals surface area contributed by atoms with Crippen molar-refractivity contribution in [3.05, 3.63) is 66.2 Å². The lowest BCUT2D eigenvalue weighted by Gasteiger charge is -2.05. The minimum absolute atomic E-state index is 0.207. The summed E-state index contributed by atoms with van der Waals surface area (Å²) in [6.45, 7) is 13.1. The molecule has 0 atom stereocenters. The summed E-state index contributed by atoms with van der Waals surface area (Å²) in [7, 11) is 0. The van der Waals surface area contributed by atoms with Crippen molar-refractivity contribution in [2.75, 3.05) is 0 Å². The predicted molar refractivity (Wildman–Crippen MR) is 129 cm³/mol. The number of allylic oxidation sites excluding steroid dienone is 1. The Morgan fingerprint density at radius 3 is 1.73 bits per heavy atom. The van der Waals surface area contributed by atoms with Crippen LogP contribution < -0.4 is 0 Å². The van der Waals surface area contributed by atoms with Gasteiger partial charge in [-0.15, -0.1) is 0 Å². The van der Waals surface area contributed by atoms with E-state index in [9.17, 15) is 4.79 Å². The fraction of sp³-hybridized carbons (Fsp3) is 0.222. The maximum Gasteiger partial charge on any atom is 0.168 e. The van der Waals surface area contributed by atoms with Crippen LogP contribution in [0.25, 0.3) is 49.2 Å². The van der Waals surface area contributed by atoms with E-state index in [2.05, 4.69) is 64.2 Å². The summed E-state index contributed by atoms with van der Waals surface area (Å²) in [5, 5.41) is 4.74. The first-order valence-electron chi connectivity index (χ1n) is 10.9. The largest absolute Gasteiger partial charge is 0.320 e. The zero-order valence-corrected chi connectivity index (χ0v) is 18.0. The molecule has 0 N–H and O–H groups in total. The first-order valence-corrected chi connectivity index (χ1v) is 10.9. The van der Waals surface area contributed by atoms with Crippen LogP contribution in [-0.2, 0) is 6.67 Å². The number of benzene rings is 3. The molecular weight excluding hydrogens is 368 g/mol. The number of nitrogens with zero attached hydrogens (tertiary/aromatic N) is 2. The highest BCUT2D eigenvalue weighted by molar-refractivity contribution is 6.35. The number of ketones is 1. The van der Waals surface area contributed by atoms with Gasteiger partial charge < -0.3 is 9.13 Å². The maximum atomic E-state index is 13.0. The Bertz CT molecular complexity index is 1400. The number of Topliss-reactive ketones (excluding diaryl/α,β-unsaturated/α-hetero) is 1. The molecule has 5 aromatic rings. The Morgan fingerprint density at radius 1 is 0.733 bits per heavy atom. The van der Waals surface area contributed by atoms with Crippen molar-refractivity contribution in [1.29, 1.82) is 0 Å². The molecule has 3 nitrogen and oxygen atoms in total. The molecule has 1 aliphatic carbocycles. The summed E-state index contributed by atoms with van der Waals surface area (Å²) in [6.07, 6.45) is 0.433. The molecular formula is C27H26N2O. The van der Waals surface area contributed by atoms with Crippen molar-refractivity contribution in [1.82, 2.24) is 9.13 Å². The first-order chi connectivity index (χ1) is 14.8. The second-order valence-corrected chi connectivity index (χ2v) is 7.43. The molecule has 3 heteroatoms. The topological polar surface area (TPSA) is 26.9 Å². The summed E-state index contributed by atoms with van der Waals surface area (Å²) in [5.41, 5.74) is 7.83. The number of hydrogen-bond donors (Lipinski definition) is 0. The molecule has 0 unspecified atom stereocenters. The molecule has 0 amide bonds. The number of carbonyl (C=O) groups is 1. The molecule has 0 fully saturated rings. The standard InChI is InChI=1S/C23H14N2O.2C2H6/c1-12-10-17(26)21-18(12)19-13-6-2-4-8-15(13)24-11-25-16-9-5-3-7-14(16)20(21)23(25)22(19)24;2*1-2/h2-9H,1,10-11H2;2*1-2H3. The van der Waals surface area contributed by atoms with Crippen molar-refractivity contribution in [2.24, 2.45) is 0 Å². The smallest absolute Gasteiger partial charge is 0.168 e. The summed E-state index contributed by atoms with van der Waals surface area (Å²) in [5.74, 6) is 0.207. The van der Waals surface area contributed by atoms with Gasteiger partial charge in [-0.05, 0) is 23.3 Å². The van der Waals surface area contributed by atoms with E-state index in [0.29, 0.717) is 6.42 Å². The van der Waals surface area contributed by atoms with E-state index in [4.69, 9.17) is 0 Å². The number of hydrogen-bond acceptors (Lipinski definition) is 1. The van der Waals surface area contributed by atoms with E-state index in [1.54, 1.807) is 0 Å². The van der Waals surface area contributed by atoms with E-state index in [1.807, 2.05) is 27.7 Å². The molecule has 0 saturated carbocycles. The third-order valence-corrected chi connectivity index (χ3v) is 6.21. The zero-order valence-electron chi connectivity index (χ0n) is 18.0. The van der Waals surface area contributed by atoms with Gasteiger partial charge in [0.15, 0.2) is 5.78 Å².